The Morgan fingerprint density at radius 2 is 1.68 bits per heavy atom. The number of carbonyl (C=O) groups excluding carboxylic acids is 1. The van der Waals surface area contributed by atoms with Crippen molar-refractivity contribution in [1.82, 2.24) is 5.32 Å². The third-order valence-corrected chi connectivity index (χ3v) is 8.47. The Morgan fingerprint density at radius 3 is 2.41 bits per heavy atom. The third kappa shape index (κ3) is 7.01. The molecule has 180 valence electrons. The smallest absolute Gasteiger partial charge is 0.264 e. The van der Waals surface area contributed by atoms with Crippen LogP contribution in [0.2, 0.25) is 5.02 Å². The second-order valence-corrected chi connectivity index (χ2v) is 11.3. The first-order valence-corrected chi connectivity index (χ1v) is 14.0. The van der Waals surface area contributed by atoms with Gasteiger partial charge in [-0.25, -0.2) is 8.42 Å². The molecule has 0 aliphatic rings. The van der Waals surface area contributed by atoms with Crippen LogP contribution in [0, 0.1) is 13.8 Å². The SMILES string of the molecule is Cc1ccccc1CSCCCNC(=O)CN(c1cc(Cl)ccc1C)S(=O)(=O)c1ccccc1. The van der Waals surface area contributed by atoms with Crippen molar-refractivity contribution in [2.24, 2.45) is 0 Å². The number of amides is 1. The molecule has 3 aromatic carbocycles. The first kappa shape index (κ1) is 26.1. The van der Waals surface area contributed by atoms with Crippen LogP contribution >= 0.6 is 23.4 Å². The Hall–Kier alpha value is -2.48. The molecule has 0 spiro atoms. The van der Waals surface area contributed by atoms with Crippen LogP contribution in [0.4, 0.5) is 5.69 Å². The van der Waals surface area contributed by atoms with E-state index in [1.54, 1.807) is 43.3 Å². The Bertz CT molecular complexity index is 1220. The van der Waals surface area contributed by atoms with Crippen molar-refractivity contribution in [3.8, 4) is 0 Å². The molecule has 1 N–H and O–H groups in total. The highest BCUT2D eigenvalue weighted by Crippen LogP contribution is 2.29. The highest BCUT2D eigenvalue weighted by molar-refractivity contribution is 7.98. The van der Waals surface area contributed by atoms with E-state index >= 15 is 0 Å². The largest absolute Gasteiger partial charge is 0.354 e. The Kier molecular flexibility index (Phi) is 9.45. The van der Waals surface area contributed by atoms with Crippen LogP contribution < -0.4 is 9.62 Å². The van der Waals surface area contributed by atoms with Gasteiger partial charge in [0.15, 0.2) is 0 Å². The van der Waals surface area contributed by atoms with Crippen LogP contribution in [0.15, 0.2) is 77.7 Å². The van der Waals surface area contributed by atoms with Crippen LogP contribution in [-0.4, -0.2) is 33.2 Å². The zero-order valence-electron chi connectivity index (χ0n) is 19.3. The normalized spacial score (nSPS) is 11.3. The maximum atomic E-state index is 13.4. The van der Waals surface area contributed by atoms with E-state index in [0.29, 0.717) is 22.8 Å². The number of halogens is 1. The Morgan fingerprint density at radius 1 is 0.971 bits per heavy atom. The van der Waals surface area contributed by atoms with Gasteiger partial charge in [0.2, 0.25) is 5.91 Å². The number of sulfonamides is 1. The summed E-state index contributed by atoms with van der Waals surface area (Å²) in [5, 5.41) is 3.26. The second kappa shape index (κ2) is 12.3. The lowest BCUT2D eigenvalue weighted by molar-refractivity contribution is -0.119. The van der Waals surface area contributed by atoms with Gasteiger partial charge in [0.1, 0.15) is 6.54 Å². The minimum absolute atomic E-state index is 0.120. The molecule has 3 rings (SSSR count). The first-order valence-electron chi connectivity index (χ1n) is 11.0. The van der Waals surface area contributed by atoms with E-state index in [4.69, 9.17) is 11.6 Å². The van der Waals surface area contributed by atoms with Crippen molar-refractivity contribution >= 4 is 45.0 Å². The average molecular weight is 517 g/mol. The van der Waals surface area contributed by atoms with Crippen LogP contribution in [0.25, 0.3) is 0 Å². The Balaban J connectivity index is 1.62. The van der Waals surface area contributed by atoms with Crippen molar-refractivity contribution in [3.05, 3.63) is 94.5 Å². The number of hydrogen-bond acceptors (Lipinski definition) is 4. The molecule has 0 aliphatic heterocycles. The summed E-state index contributed by atoms with van der Waals surface area (Å²) >= 11 is 7.97. The summed E-state index contributed by atoms with van der Waals surface area (Å²) in [4.78, 5) is 12.9. The van der Waals surface area contributed by atoms with Gasteiger partial charge < -0.3 is 5.32 Å². The molecule has 0 bridgehead atoms. The lowest BCUT2D eigenvalue weighted by atomic mass is 10.1. The van der Waals surface area contributed by atoms with Crippen molar-refractivity contribution in [1.29, 1.82) is 0 Å². The number of benzene rings is 3. The van der Waals surface area contributed by atoms with Crippen LogP contribution in [0.1, 0.15) is 23.1 Å². The van der Waals surface area contributed by atoms with E-state index in [2.05, 4.69) is 24.4 Å². The summed E-state index contributed by atoms with van der Waals surface area (Å²) < 4.78 is 27.9. The van der Waals surface area contributed by atoms with E-state index in [9.17, 15) is 13.2 Å². The molecule has 34 heavy (non-hydrogen) atoms. The van der Waals surface area contributed by atoms with Crippen molar-refractivity contribution in [2.45, 2.75) is 30.9 Å². The van der Waals surface area contributed by atoms with Crippen molar-refractivity contribution in [3.63, 3.8) is 0 Å². The summed E-state index contributed by atoms with van der Waals surface area (Å²) in [6, 6.07) is 21.4. The summed E-state index contributed by atoms with van der Waals surface area (Å²) in [5.74, 6) is 1.47. The predicted molar refractivity (Wildman–Crippen MR) is 142 cm³/mol. The molecule has 0 aromatic heterocycles. The fourth-order valence-corrected chi connectivity index (χ4v) is 6.11. The van der Waals surface area contributed by atoms with E-state index < -0.39 is 10.0 Å². The highest BCUT2D eigenvalue weighted by atomic mass is 35.5. The number of nitrogens with one attached hydrogen (secondary N) is 1. The molecule has 8 heteroatoms. The fraction of sp³-hybridized carbons (Fsp3) is 0.269. The lowest BCUT2D eigenvalue weighted by Crippen LogP contribution is -2.41. The van der Waals surface area contributed by atoms with Crippen LogP contribution in [-0.2, 0) is 20.6 Å². The molecule has 0 unspecified atom stereocenters. The molecule has 3 aromatic rings. The van der Waals surface area contributed by atoms with Gasteiger partial charge in [-0.3, -0.25) is 9.10 Å². The number of carbonyl (C=O) groups is 1. The van der Waals surface area contributed by atoms with Gasteiger partial charge in [-0.05, 0) is 67.0 Å². The van der Waals surface area contributed by atoms with Gasteiger partial charge in [-0.1, -0.05) is 60.1 Å². The molecule has 0 saturated heterocycles. The topological polar surface area (TPSA) is 66.5 Å². The molecule has 0 saturated carbocycles. The molecule has 5 nitrogen and oxygen atoms in total. The van der Waals surface area contributed by atoms with Gasteiger partial charge in [0, 0.05) is 17.3 Å². The monoisotopic (exact) mass is 516 g/mol. The van der Waals surface area contributed by atoms with Gasteiger partial charge in [-0.2, -0.15) is 11.8 Å². The molecule has 0 radical (unpaired) electrons. The van der Waals surface area contributed by atoms with Gasteiger partial charge >= 0.3 is 0 Å². The number of aryl methyl sites for hydroxylation is 2. The summed E-state index contributed by atoms with van der Waals surface area (Å²) in [7, 11) is -3.95. The fourth-order valence-electron chi connectivity index (χ4n) is 3.41. The zero-order valence-corrected chi connectivity index (χ0v) is 21.7. The quantitative estimate of drug-likeness (QED) is 0.337. The summed E-state index contributed by atoms with van der Waals surface area (Å²) in [6.07, 6.45) is 0.796. The van der Waals surface area contributed by atoms with E-state index in [-0.39, 0.29) is 17.3 Å². The predicted octanol–water partition coefficient (Wildman–Crippen LogP) is 5.59. The van der Waals surface area contributed by atoms with E-state index in [1.807, 2.05) is 23.9 Å². The van der Waals surface area contributed by atoms with Crippen LogP contribution in [0.3, 0.4) is 0 Å². The first-order chi connectivity index (χ1) is 16.3. The average Bonchev–Trinajstić information content (AvgIpc) is 2.83. The van der Waals surface area contributed by atoms with Gasteiger partial charge in [0.05, 0.1) is 10.6 Å². The van der Waals surface area contributed by atoms with Crippen molar-refractivity contribution < 1.29 is 13.2 Å². The number of nitrogens with zero attached hydrogens (tertiary/aromatic N) is 1. The zero-order chi connectivity index (χ0) is 24.6. The summed E-state index contributed by atoms with van der Waals surface area (Å²) in [5.41, 5.74) is 3.69. The number of thioether (sulfide) groups is 1. The maximum absolute atomic E-state index is 13.4. The van der Waals surface area contributed by atoms with E-state index in [1.165, 1.54) is 23.3 Å². The molecule has 0 heterocycles. The molecule has 0 fully saturated rings. The number of rotatable bonds is 11. The lowest BCUT2D eigenvalue weighted by Gasteiger charge is -2.25. The highest BCUT2D eigenvalue weighted by Gasteiger charge is 2.28. The number of anilines is 1. The third-order valence-electron chi connectivity index (χ3n) is 5.36. The maximum Gasteiger partial charge on any atom is 0.264 e. The minimum atomic E-state index is -3.95. The molecular formula is C26H29ClN2O3S2. The molecule has 0 atom stereocenters. The van der Waals surface area contributed by atoms with Gasteiger partial charge in [-0.15, -0.1) is 0 Å². The van der Waals surface area contributed by atoms with Crippen LogP contribution in [0.5, 0.6) is 0 Å². The molecular weight excluding hydrogens is 488 g/mol. The standard InChI is InChI=1S/C26H29ClN2O3S2/c1-20-9-6-7-10-22(20)19-33-16-8-15-28-26(30)18-29(25-17-23(27)14-13-21(25)2)34(31,32)24-11-4-3-5-12-24/h3-7,9-14,17H,8,15-16,18-19H2,1-2H3,(H,28,30). The second-order valence-electron chi connectivity index (χ2n) is 7.94. The number of hydrogen-bond donors (Lipinski definition) is 1. The molecule has 1 amide bonds. The van der Waals surface area contributed by atoms with Crippen molar-refractivity contribution in [2.75, 3.05) is 23.1 Å². The Labute approximate surface area is 211 Å². The minimum Gasteiger partial charge on any atom is -0.354 e. The van der Waals surface area contributed by atoms with Gasteiger partial charge in [0.25, 0.3) is 10.0 Å². The summed E-state index contributed by atoms with van der Waals surface area (Å²) in [6.45, 7) is 4.05. The van der Waals surface area contributed by atoms with E-state index in [0.717, 1.165) is 22.2 Å². The molecule has 0 aliphatic carbocycles.